The summed E-state index contributed by atoms with van der Waals surface area (Å²) in [6, 6.07) is 1.74. The molecule has 2 aromatic heterocycles. The van der Waals surface area contributed by atoms with Crippen LogP contribution < -0.4 is 10.1 Å². The highest BCUT2D eigenvalue weighted by atomic mass is 19.1. The van der Waals surface area contributed by atoms with Crippen molar-refractivity contribution in [2.45, 2.75) is 40.3 Å². The number of ether oxygens (including phenoxy) is 1. The van der Waals surface area contributed by atoms with E-state index in [4.69, 9.17) is 4.74 Å². The molecule has 0 radical (unpaired) electrons. The van der Waals surface area contributed by atoms with E-state index in [0.717, 1.165) is 17.6 Å². The zero-order valence-corrected chi connectivity index (χ0v) is 13.1. The maximum absolute atomic E-state index is 13.4. The lowest BCUT2D eigenvalue weighted by molar-refractivity contribution is 0.439. The Morgan fingerprint density at radius 2 is 2.10 bits per heavy atom. The van der Waals surface area contributed by atoms with Crippen LogP contribution in [-0.4, -0.2) is 20.8 Å². The SMILES string of the molecule is Cc1nn(C)c(C)c1Oc1ncc(F)cc1CNC(C)C. The summed E-state index contributed by atoms with van der Waals surface area (Å²) in [6.45, 7) is 8.35. The van der Waals surface area contributed by atoms with E-state index in [-0.39, 0.29) is 5.82 Å². The third-order valence-corrected chi connectivity index (χ3v) is 3.23. The molecule has 0 aliphatic carbocycles. The van der Waals surface area contributed by atoms with Crippen molar-refractivity contribution in [1.82, 2.24) is 20.1 Å². The summed E-state index contributed by atoms with van der Waals surface area (Å²) in [5, 5.41) is 7.54. The fourth-order valence-electron chi connectivity index (χ4n) is 2.00. The predicted octanol–water partition coefficient (Wildman–Crippen LogP) is 2.86. The van der Waals surface area contributed by atoms with Crippen molar-refractivity contribution in [3.05, 3.63) is 35.0 Å². The summed E-state index contributed by atoms with van der Waals surface area (Å²) >= 11 is 0. The fourth-order valence-corrected chi connectivity index (χ4v) is 2.00. The predicted molar refractivity (Wildman–Crippen MR) is 78.9 cm³/mol. The first kappa shape index (κ1) is 15.4. The van der Waals surface area contributed by atoms with E-state index in [1.165, 1.54) is 6.07 Å². The van der Waals surface area contributed by atoms with Crippen LogP contribution in [-0.2, 0) is 13.6 Å². The van der Waals surface area contributed by atoms with Crippen LogP contribution in [0.25, 0.3) is 0 Å². The molecule has 6 heteroatoms. The molecular formula is C15H21FN4O. The zero-order chi connectivity index (χ0) is 15.6. The largest absolute Gasteiger partial charge is 0.435 e. The molecule has 0 spiro atoms. The number of nitrogens with one attached hydrogen (secondary N) is 1. The van der Waals surface area contributed by atoms with Gasteiger partial charge in [-0.05, 0) is 19.9 Å². The van der Waals surface area contributed by atoms with Gasteiger partial charge in [-0.15, -0.1) is 0 Å². The van der Waals surface area contributed by atoms with E-state index in [1.807, 2.05) is 34.7 Å². The summed E-state index contributed by atoms with van der Waals surface area (Å²) in [7, 11) is 1.86. The van der Waals surface area contributed by atoms with Crippen LogP contribution in [0.15, 0.2) is 12.3 Å². The van der Waals surface area contributed by atoms with Gasteiger partial charge in [0.1, 0.15) is 11.5 Å². The average molecular weight is 292 g/mol. The Hall–Kier alpha value is -1.95. The molecule has 2 rings (SSSR count). The van der Waals surface area contributed by atoms with E-state index in [2.05, 4.69) is 15.4 Å². The van der Waals surface area contributed by atoms with E-state index in [1.54, 1.807) is 4.68 Å². The van der Waals surface area contributed by atoms with Crippen molar-refractivity contribution in [1.29, 1.82) is 0 Å². The monoisotopic (exact) mass is 292 g/mol. The quantitative estimate of drug-likeness (QED) is 0.920. The van der Waals surface area contributed by atoms with Gasteiger partial charge in [-0.2, -0.15) is 5.10 Å². The zero-order valence-electron chi connectivity index (χ0n) is 13.1. The molecule has 114 valence electrons. The van der Waals surface area contributed by atoms with Gasteiger partial charge < -0.3 is 10.1 Å². The Labute approximate surface area is 124 Å². The molecule has 0 saturated heterocycles. The second kappa shape index (κ2) is 6.22. The van der Waals surface area contributed by atoms with Gasteiger partial charge in [0.05, 0.1) is 11.9 Å². The normalized spacial score (nSPS) is 11.2. The maximum atomic E-state index is 13.4. The number of aryl methyl sites for hydroxylation is 2. The van der Waals surface area contributed by atoms with Gasteiger partial charge in [-0.1, -0.05) is 13.8 Å². The van der Waals surface area contributed by atoms with Crippen LogP contribution in [0.3, 0.4) is 0 Å². The molecule has 2 heterocycles. The lowest BCUT2D eigenvalue weighted by Crippen LogP contribution is -2.22. The van der Waals surface area contributed by atoms with Crippen LogP contribution in [0.1, 0.15) is 30.8 Å². The smallest absolute Gasteiger partial charge is 0.224 e. The van der Waals surface area contributed by atoms with E-state index in [0.29, 0.717) is 29.8 Å². The Kier molecular flexibility index (Phi) is 4.57. The highest BCUT2D eigenvalue weighted by Gasteiger charge is 2.15. The summed E-state index contributed by atoms with van der Waals surface area (Å²) < 4.78 is 21.0. The van der Waals surface area contributed by atoms with Crippen LogP contribution in [0.4, 0.5) is 4.39 Å². The molecule has 0 amide bonds. The van der Waals surface area contributed by atoms with Crippen LogP contribution in [0.2, 0.25) is 0 Å². The number of halogens is 1. The van der Waals surface area contributed by atoms with Crippen molar-refractivity contribution >= 4 is 0 Å². The number of rotatable bonds is 5. The number of hydrogen-bond acceptors (Lipinski definition) is 4. The van der Waals surface area contributed by atoms with Crippen molar-refractivity contribution in [2.75, 3.05) is 0 Å². The molecule has 0 fully saturated rings. The first-order valence-corrected chi connectivity index (χ1v) is 6.94. The number of nitrogens with zero attached hydrogens (tertiary/aromatic N) is 3. The van der Waals surface area contributed by atoms with Crippen LogP contribution in [0, 0.1) is 19.7 Å². The van der Waals surface area contributed by atoms with Gasteiger partial charge in [0, 0.05) is 25.2 Å². The Morgan fingerprint density at radius 3 is 2.67 bits per heavy atom. The van der Waals surface area contributed by atoms with E-state index >= 15 is 0 Å². The van der Waals surface area contributed by atoms with Crippen LogP contribution in [0.5, 0.6) is 11.6 Å². The minimum atomic E-state index is -0.373. The Bertz CT molecular complexity index is 637. The molecule has 0 aliphatic heterocycles. The van der Waals surface area contributed by atoms with Crippen molar-refractivity contribution in [3.63, 3.8) is 0 Å². The van der Waals surface area contributed by atoms with Gasteiger partial charge in [0.15, 0.2) is 5.75 Å². The molecule has 1 N–H and O–H groups in total. The Balaban J connectivity index is 2.30. The molecule has 0 unspecified atom stereocenters. The highest BCUT2D eigenvalue weighted by Crippen LogP contribution is 2.29. The second-order valence-corrected chi connectivity index (χ2v) is 5.38. The first-order valence-electron chi connectivity index (χ1n) is 6.94. The number of aromatic nitrogens is 3. The van der Waals surface area contributed by atoms with Gasteiger partial charge >= 0.3 is 0 Å². The molecular weight excluding hydrogens is 271 g/mol. The third kappa shape index (κ3) is 3.58. The van der Waals surface area contributed by atoms with Gasteiger partial charge in [0.2, 0.25) is 5.88 Å². The highest BCUT2D eigenvalue weighted by molar-refractivity contribution is 5.37. The summed E-state index contributed by atoms with van der Waals surface area (Å²) in [4.78, 5) is 4.07. The van der Waals surface area contributed by atoms with Crippen molar-refractivity contribution in [3.8, 4) is 11.6 Å². The Morgan fingerprint density at radius 1 is 1.38 bits per heavy atom. The number of hydrogen-bond donors (Lipinski definition) is 1. The molecule has 0 bridgehead atoms. The fraction of sp³-hybridized carbons (Fsp3) is 0.467. The molecule has 0 saturated carbocycles. The van der Waals surface area contributed by atoms with E-state index in [9.17, 15) is 4.39 Å². The number of pyridine rings is 1. The van der Waals surface area contributed by atoms with Crippen molar-refractivity contribution < 1.29 is 9.13 Å². The topological polar surface area (TPSA) is 52.0 Å². The standard InChI is InChI=1S/C15H21FN4O/c1-9(2)17-7-12-6-13(16)8-18-15(12)21-14-10(3)19-20(5)11(14)4/h6,8-9,17H,7H2,1-5H3. The lowest BCUT2D eigenvalue weighted by atomic mass is 10.2. The molecule has 0 aromatic carbocycles. The summed E-state index contributed by atoms with van der Waals surface area (Å²) in [5.41, 5.74) is 2.37. The van der Waals surface area contributed by atoms with Gasteiger partial charge in [0.25, 0.3) is 0 Å². The molecule has 0 atom stereocenters. The molecule has 2 aromatic rings. The minimum Gasteiger partial charge on any atom is -0.435 e. The molecule has 21 heavy (non-hydrogen) atoms. The third-order valence-electron chi connectivity index (χ3n) is 3.23. The average Bonchev–Trinajstić information content (AvgIpc) is 2.65. The second-order valence-electron chi connectivity index (χ2n) is 5.38. The van der Waals surface area contributed by atoms with Crippen LogP contribution >= 0.6 is 0 Å². The summed E-state index contributed by atoms with van der Waals surface area (Å²) in [5.74, 6) is 0.702. The maximum Gasteiger partial charge on any atom is 0.224 e. The van der Waals surface area contributed by atoms with Gasteiger partial charge in [-0.3, -0.25) is 4.68 Å². The van der Waals surface area contributed by atoms with Crippen molar-refractivity contribution in [2.24, 2.45) is 7.05 Å². The molecule has 5 nitrogen and oxygen atoms in total. The minimum absolute atomic E-state index is 0.294. The lowest BCUT2D eigenvalue weighted by Gasteiger charge is -2.13. The summed E-state index contributed by atoms with van der Waals surface area (Å²) in [6.07, 6.45) is 1.16. The van der Waals surface area contributed by atoms with Gasteiger partial charge in [-0.25, -0.2) is 9.37 Å². The van der Waals surface area contributed by atoms with E-state index < -0.39 is 0 Å². The first-order chi connectivity index (χ1) is 9.88. The molecule has 0 aliphatic rings.